The summed E-state index contributed by atoms with van der Waals surface area (Å²) in [6.07, 6.45) is 0.556. The Hall–Kier alpha value is -1.32. The summed E-state index contributed by atoms with van der Waals surface area (Å²) in [5.41, 5.74) is 1.73. The quantitative estimate of drug-likeness (QED) is 0.892. The van der Waals surface area contributed by atoms with Crippen molar-refractivity contribution in [2.45, 2.75) is 6.42 Å². The van der Waals surface area contributed by atoms with E-state index in [1.54, 1.807) is 13.2 Å². The van der Waals surface area contributed by atoms with Crippen LogP contribution in [0.4, 0.5) is 0 Å². The summed E-state index contributed by atoms with van der Waals surface area (Å²) in [6, 6.07) is 7.42. The lowest BCUT2D eigenvalue weighted by Crippen LogP contribution is -1.94. The van der Waals surface area contributed by atoms with E-state index in [2.05, 4.69) is 4.98 Å². The maximum Gasteiger partial charge on any atom is 0.213 e. The highest BCUT2D eigenvalue weighted by Crippen LogP contribution is 2.28. The standard InChI is InChI=1S/C12H12ClNO2/c1-16-11-5-3-9-10(14-11)4-2-8(6-7-15)12(9)13/h2-5,15H,6-7H2,1H3. The summed E-state index contributed by atoms with van der Waals surface area (Å²) < 4.78 is 5.05. The Kier molecular flexibility index (Phi) is 3.27. The van der Waals surface area contributed by atoms with Crippen LogP contribution < -0.4 is 4.74 Å². The van der Waals surface area contributed by atoms with Crippen molar-refractivity contribution in [3.05, 3.63) is 34.9 Å². The first-order valence-corrected chi connectivity index (χ1v) is 5.37. The predicted molar refractivity (Wildman–Crippen MR) is 64.1 cm³/mol. The first kappa shape index (κ1) is 11.2. The number of pyridine rings is 1. The molecule has 0 atom stereocenters. The van der Waals surface area contributed by atoms with Crippen LogP contribution in [0.1, 0.15) is 5.56 Å². The van der Waals surface area contributed by atoms with Gasteiger partial charge in [-0.25, -0.2) is 4.98 Å². The molecular weight excluding hydrogens is 226 g/mol. The first-order chi connectivity index (χ1) is 7.76. The number of benzene rings is 1. The predicted octanol–water partition coefficient (Wildman–Crippen LogP) is 2.43. The second kappa shape index (κ2) is 4.68. The van der Waals surface area contributed by atoms with E-state index < -0.39 is 0 Å². The lowest BCUT2D eigenvalue weighted by Gasteiger charge is -2.07. The number of nitrogens with zero attached hydrogens (tertiary/aromatic N) is 1. The molecule has 0 aliphatic heterocycles. The van der Waals surface area contributed by atoms with E-state index in [1.807, 2.05) is 18.2 Å². The number of aromatic nitrogens is 1. The van der Waals surface area contributed by atoms with Crippen molar-refractivity contribution in [1.82, 2.24) is 4.98 Å². The van der Waals surface area contributed by atoms with Crippen molar-refractivity contribution in [1.29, 1.82) is 0 Å². The Morgan fingerprint density at radius 3 is 2.81 bits per heavy atom. The molecule has 2 aromatic rings. The zero-order valence-electron chi connectivity index (χ0n) is 8.90. The number of halogens is 1. The lowest BCUT2D eigenvalue weighted by atomic mass is 10.1. The largest absolute Gasteiger partial charge is 0.481 e. The van der Waals surface area contributed by atoms with Gasteiger partial charge in [0.25, 0.3) is 0 Å². The summed E-state index contributed by atoms with van der Waals surface area (Å²) in [5, 5.41) is 10.4. The summed E-state index contributed by atoms with van der Waals surface area (Å²) in [5.74, 6) is 0.568. The van der Waals surface area contributed by atoms with Gasteiger partial charge >= 0.3 is 0 Å². The van der Waals surface area contributed by atoms with Crippen LogP contribution in [-0.2, 0) is 6.42 Å². The minimum absolute atomic E-state index is 0.0921. The maximum atomic E-state index is 8.90. The third-order valence-electron chi connectivity index (χ3n) is 2.45. The molecule has 0 unspecified atom stereocenters. The Morgan fingerprint density at radius 2 is 2.12 bits per heavy atom. The van der Waals surface area contributed by atoms with Crippen LogP contribution in [0.2, 0.25) is 5.02 Å². The van der Waals surface area contributed by atoms with Gasteiger partial charge in [-0.3, -0.25) is 0 Å². The molecule has 4 heteroatoms. The molecule has 0 fully saturated rings. The van der Waals surface area contributed by atoms with Crippen LogP contribution in [0.25, 0.3) is 10.9 Å². The summed E-state index contributed by atoms with van der Waals surface area (Å²) >= 11 is 6.22. The van der Waals surface area contributed by atoms with Crippen molar-refractivity contribution in [3.63, 3.8) is 0 Å². The zero-order valence-corrected chi connectivity index (χ0v) is 9.66. The Balaban J connectivity index is 2.57. The number of methoxy groups -OCH3 is 1. The van der Waals surface area contributed by atoms with Crippen LogP contribution in [0.5, 0.6) is 5.88 Å². The molecule has 1 aromatic carbocycles. The second-order valence-corrected chi connectivity index (χ2v) is 3.81. The number of aliphatic hydroxyl groups excluding tert-OH is 1. The van der Waals surface area contributed by atoms with Gasteiger partial charge in [-0.15, -0.1) is 0 Å². The SMILES string of the molecule is COc1ccc2c(Cl)c(CCO)ccc2n1. The highest BCUT2D eigenvalue weighted by atomic mass is 35.5. The molecule has 3 nitrogen and oxygen atoms in total. The van der Waals surface area contributed by atoms with Gasteiger partial charge in [0.2, 0.25) is 5.88 Å². The third kappa shape index (κ3) is 1.96. The van der Waals surface area contributed by atoms with Crippen LogP contribution >= 0.6 is 11.6 Å². The Labute approximate surface area is 98.6 Å². The van der Waals surface area contributed by atoms with E-state index in [1.165, 1.54) is 0 Å². The van der Waals surface area contributed by atoms with E-state index in [-0.39, 0.29) is 6.61 Å². The van der Waals surface area contributed by atoms with Crippen LogP contribution in [0, 0.1) is 0 Å². The maximum absolute atomic E-state index is 8.90. The third-order valence-corrected chi connectivity index (χ3v) is 2.90. The Bertz CT molecular complexity index is 514. The fourth-order valence-corrected chi connectivity index (χ4v) is 1.94. The van der Waals surface area contributed by atoms with E-state index in [0.29, 0.717) is 17.3 Å². The Morgan fingerprint density at radius 1 is 1.31 bits per heavy atom. The minimum Gasteiger partial charge on any atom is -0.481 e. The van der Waals surface area contributed by atoms with Crippen molar-refractivity contribution in [3.8, 4) is 5.88 Å². The molecule has 16 heavy (non-hydrogen) atoms. The number of rotatable bonds is 3. The molecule has 1 aromatic heterocycles. The molecule has 2 rings (SSSR count). The summed E-state index contributed by atoms with van der Waals surface area (Å²) in [7, 11) is 1.58. The molecule has 0 aliphatic rings. The van der Waals surface area contributed by atoms with E-state index in [9.17, 15) is 0 Å². The van der Waals surface area contributed by atoms with Gasteiger partial charge in [-0.05, 0) is 24.1 Å². The number of fused-ring (bicyclic) bond motifs is 1. The van der Waals surface area contributed by atoms with Crippen LogP contribution in [-0.4, -0.2) is 23.8 Å². The van der Waals surface area contributed by atoms with Gasteiger partial charge in [-0.1, -0.05) is 17.7 Å². The fourth-order valence-electron chi connectivity index (χ4n) is 1.62. The first-order valence-electron chi connectivity index (χ1n) is 4.99. The monoisotopic (exact) mass is 237 g/mol. The number of ether oxygens (including phenoxy) is 1. The zero-order chi connectivity index (χ0) is 11.5. The van der Waals surface area contributed by atoms with Gasteiger partial charge < -0.3 is 9.84 Å². The molecule has 1 heterocycles. The highest BCUT2D eigenvalue weighted by molar-refractivity contribution is 6.36. The average molecular weight is 238 g/mol. The van der Waals surface area contributed by atoms with Crippen molar-refractivity contribution < 1.29 is 9.84 Å². The highest BCUT2D eigenvalue weighted by Gasteiger charge is 2.06. The van der Waals surface area contributed by atoms with Crippen LogP contribution in [0.15, 0.2) is 24.3 Å². The summed E-state index contributed by atoms with van der Waals surface area (Å²) in [4.78, 5) is 4.29. The van der Waals surface area contributed by atoms with Gasteiger partial charge in [0.1, 0.15) is 0 Å². The molecule has 0 spiro atoms. The second-order valence-electron chi connectivity index (χ2n) is 3.43. The van der Waals surface area contributed by atoms with E-state index in [0.717, 1.165) is 16.5 Å². The normalized spacial score (nSPS) is 10.7. The van der Waals surface area contributed by atoms with Crippen molar-refractivity contribution in [2.75, 3.05) is 13.7 Å². The molecule has 0 bridgehead atoms. The van der Waals surface area contributed by atoms with Crippen molar-refractivity contribution >= 4 is 22.5 Å². The van der Waals surface area contributed by atoms with Crippen LogP contribution in [0.3, 0.4) is 0 Å². The number of hydrogen-bond donors (Lipinski definition) is 1. The van der Waals surface area contributed by atoms with Gasteiger partial charge in [-0.2, -0.15) is 0 Å². The van der Waals surface area contributed by atoms with Gasteiger partial charge in [0.15, 0.2) is 0 Å². The topological polar surface area (TPSA) is 42.4 Å². The molecular formula is C12H12ClNO2. The van der Waals surface area contributed by atoms with Gasteiger partial charge in [0, 0.05) is 18.1 Å². The summed E-state index contributed by atoms with van der Waals surface area (Å²) in [6.45, 7) is 0.0921. The molecule has 0 aliphatic carbocycles. The minimum atomic E-state index is 0.0921. The molecule has 84 valence electrons. The van der Waals surface area contributed by atoms with E-state index >= 15 is 0 Å². The molecule has 0 saturated carbocycles. The lowest BCUT2D eigenvalue weighted by molar-refractivity contribution is 0.299. The van der Waals surface area contributed by atoms with E-state index in [4.69, 9.17) is 21.4 Å². The fraction of sp³-hybridized carbons (Fsp3) is 0.250. The van der Waals surface area contributed by atoms with Gasteiger partial charge in [0.05, 0.1) is 17.6 Å². The average Bonchev–Trinajstić information content (AvgIpc) is 2.32. The number of aliphatic hydroxyl groups is 1. The van der Waals surface area contributed by atoms with Crippen molar-refractivity contribution in [2.24, 2.45) is 0 Å². The molecule has 0 saturated heterocycles. The molecule has 0 radical (unpaired) electrons. The molecule has 0 amide bonds. The smallest absolute Gasteiger partial charge is 0.213 e. The number of hydrogen-bond acceptors (Lipinski definition) is 3. The molecule has 1 N–H and O–H groups in total.